The number of piperidine rings is 1. The van der Waals surface area contributed by atoms with Crippen molar-refractivity contribution in [2.24, 2.45) is 5.92 Å². The Labute approximate surface area is 199 Å². The second kappa shape index (κ2) is 11.3. The van der Waals surface area contributed by atoms with E-state index >= 15 is 0 Å². The topological polar surface area (TPSA) is 71.5 Å². The molecule has 0 aliphatic carbocycles. The number of hydrogen-bond donors (Lipinski definition) is 1. The van der Waals surface area contributed by atoms with Crippen LogP contribution in [0.25, 0.3) is 10.1 Å². The van der Waals surface area contributed by atoms with Crippen molar-refractivity contribution in [3.05, 3.63) is 59.2 Å². The molecule has 174 valence electrons. The number of aromatic nitrogens is 1. The molecule has 2 amide bonds. The van der Waals surface area contributed by atoms with Crippen molar-refractivity contribution in [1.82, 2.24) is 15.2 Å². The third kappa shape index (κ3) is 5.90. The summed E-state index contributed by atoms with van der Waals surface area (Å²) < 4.78 is 6.66. The minimum Gasteiger partial charge on any atom is -0.493 e. The number of benzene rings is 1. The van der Waals surface area contributed by atoms with E-state index in [-0.39, 0.29) is 11.8 Å². The van der Waals surface area contributed by atoms with Crippen LogP contribution in [0.15, 0.2) is 48.8 Å². The molecular formula is C26H31N3O3S. The van der Waals surface area contributed by atoms with Crippen molar-refractivity contribution in [2.75, 3.05) is 26.2 Å². The summed E-state index contributed by atoms with van der Waals surface area (Å²) in [5.41, 5.74) is 0.656. The Balaban J connectivity index is 1.15. The number of fused-ring (bicyclic) bond motifs is 1. The van der Waals surface area contributed by atoms with Gasteiger partial charge in [-0.1, -0.05) is 25.0 Å². The monoisotopic (exact) mass is 465 g/mol. The fraction of sp³-hybridized carbons (Fsp3) is 0.423. The SMILES string of the molecule is CCOc1ccccc1C(=O)N1CCC(CCCCNC(=O)c2cc3ccncc3s2)CC1. The normalized spacial score (nSPS) is 14.4. The van der Waals surface area contributed by atoms with Crippen LogP contribution in [0, 0.1) is 5.92 Å². The Kier molecular flexibility index (Phi) is 7.94. The molecule has 1 aliphatic heterocycles. The number of carbonyl (C=O) groups is 2. The van der Waals surface area contributed by atoms with Gasteiger partial charge in [-0.15, -0.1) is 11.3 Å². The number of likely N-dealkylation sites (tertiary alicyclic amines) is 1. The van der Waals surface area contributed by atoms with Crippen LogP contribution >= 0.6 is 11.3 Å². The Morgan fingerprint density at radius 2 is 2.00 bits per heavy atom. The lowest BCUT2D eigenvalue weighted by Crippen LogP contribution is -2.38. The molecule has 1 aromatic carbocycles. The molecule has 1 saturated heterocycles. The van der Waals surface area contributed by atoms with Crippen LogP contribution in [0.5, 0.6) is 5.75 Å². The Morgan fingerprint density at radius 1 is 1.18 bits per heavy atom. The third-order valence-electron chi connectivity index (χ3n) is 6.19. The highest BCUT2D eigenvalue weighted by Gasteiger charge is 2.25. The van der Waals surface area contributed by atoms with E-state index in [4.69, 9.17) is 4.74 Å². The number of para-hydroxylation sites is 1. The lowest BCUT2D eigenvalue weighted by atomic mass is 9.91. The van der Waals surface area contributed by atoms with Crippen molar-refractivity contribution in [2.45, 2.75) is 39.0 Å². The molecule has 6 nitrogen and oxygen atoms in total. The van der Waals surface area contributed by atoms with E-state index in [1.807, 2.05) is 48.2 Å². The van der Waals surface area contributed by atoms with Gasteiger partial charge in [-0.25, -0.2) is 0 Å². The number of hydrogen-bond acceptors (Lipinski definition) is 5. The van der Waals surface area contributed by atoms with Crippen molar-refractivity contribution in [3.63, 3.8) is 0 Å². The summed E-state index contributed by atoms with van der Waals surface area (Å²) in [6.07, 6.45) is 8.81. The summed E-state index contributed by atoms with van der Waals surface area (Å²) in [5.74, 6) is 1.37. The van der Waals surface area contributed by atoms with E-state index in [1.54, 1.807) is 12.4 Å². The Hall–Kier alpha value is -2.93. The number of thiophene rings is 1. The minimum atomic E-state index is -0.00430. The first-order chi connectivity index (χ1) is 16.2. The van der Waals surface area contributed by atoms with Gasteiger partial charge >= 0.3 is 0 Å². The highest BCUT2D eigenvalue weighted by Crippen LogP contribution is 2.27. The van der Waals surface area contributed by atoms with Crippen molar-refractivity contribution in [3.8, 4) is 5.75 Å². The number of pyridine rings is 1. The van der Waals surface area contributed by atoms with E-state index in [0.717, 1.165) is 60.2 Å². The van der Waals surface area contributed by atoms with Crippen LogP contribution in [-0.4, -0.2) is 47.9 Å². The molecule has 0 saturated carbocycles. The zero-order chi connectivity index (χ0) is 23.0. The van der Waals surface area contributed by atoms with Gasteiger partial charge in [0.1, 0.15) is 5.75 Å². The zero-order valence-corrected chi connectivity index (χ0v) is 19.9. The number of nitrogens with one attached hydrogen (secondary N) is 1. The molecule has 1 N–H and O–H groups in total. The van der Waals surface area contributed by atoms with Gasteiger partial charge < -0.3 is 15.0 Å². The number of rotatable bonds is 9. The predicted octanol–water partition coefficient (Wildman–Crippen LogP) is 5.15. The molecule has 0 atom stereocenters. The zero-order valence-electron chi connectivity index (χ0n) is 19.1. The average Bonchev–Trinajstić information content (AvgIpc) is 3.29. The molecule has 1 aliphatic rings. The average molecular weight is 466 g/mol. The van der Waals surface area contributed by atoms with E-state index in [9.17, 15) is 9.59 Å². The molecule has 0 unspecified atom stereocenters. The van der Waals surface area contributed by atoms with Crippen LogP contribution in [0.3, 0.4) is 0 Å². The van der Waals surface area contributed by atoms with Gasteiger partial charge in [-0.05, 0) is 61.8 Å². The fourth-order valence-electron chi connectivity index (χ4n) is 4.36. The number of ether oxygens (including phenoxy) is 1. The number of unbranched alkanes of at least 4 members (excludes halogenated alkanes) is 1. The summed E-state index contributed by atoms with van der Waals surface area (Å²) in [7, 11) is 0. The Morgan fingerprint density at radius 3 is 2.79 bits per heavy atom. The first-order valence-corrected chi connectivity index (χ1v) is 12.6. The van der Waals surface area contributed by atoms with Gasteiger partial charge in [0.2, 0.25) is 0 Å². The van der Waals surface area contributed by atoms with Crippen LogP contribution in [0.4, 0.5) is 0 Å². The van der Waals surface area contributed by atoms with E-state index in [1.165, 1.54) is 11.3 Å². The van der Waals surface area contributed by atoms with Crippen LogP contribution in [0.2, 0.25) is 0 Å². The highest BCUT2D eigenvalue weighted by molar-refractivity contribution is 7.20. The standard InChI is InChI=1S/C26H31N3O3S/c1-2-32-22-9-4-3-8-21(22)26(31)29-15-11-19(12-16-29)7-5-6-13-28-25(30)23-17-20-10-14-27-18-24(20)33-23/h3-4,8-10,14,17-19H,2,5-7,11-13,15-16H2,1H3,(H,28,30). The van der Waals surface area contributed by atoms with E-state index < -0.39 is 0 Å². The molecule has 1 fully saturated rings. The maximum atomic E-state index is 12.9. The minimum absolute atomic E-state index is 0.00430. The molecule has 4 rings (SSSR count). The first-order valence-electron chi connectivity index (χ1n) is 11.8. The summed E-state index contributed by atoms with van der Waals surface area (Å²) in [5, 5.41) is 4.10. The maximum absolute atomic E-state index is 12.9. The summed E-state index contributed by atoms with van der Waals surface area (Å²) in [4.78, 5) is 32.1. The van der Waals surface area contributed by atoms with Crippen LogP contribution in [-0.2, 0) is 0 Å². The number of nitrogens with zero attached hydrogens (tertiary/aromatic N) is 2. The van der Waals surface area contributed by atoms with Crippen LogP contribution in [0.1, 0.15) is 59.1 Å². The van der Waals surface area contributed by atoms with Crippen molar-refractivity contribution >= 4 is 33.2 Å². The maximum Gasteiger partial charge on any atom is 0.261 e. The molecule has 0 radical (unpaired) electrons. The van der Waals surface area contributed by atoms with Crippen molar-refractivity contribution in [1.29, 1.82) is 0 Å². The van der Waals surface area contributed by atoms with Gasteiger partial charge in [0.05, 0.1) is 21.7 Å². The van der Waals surface area contributed by atoms with Crippen molar-refractivity contribution < 1.29 is 14.3 Å². The largest absolute Gasteiger partial charge is 0.493 e. The lowest BCUT2D eigenvalue weighted by Gasteiger charge is -2.32. The van der Waals surface area contributed by atoms with E-state index in [0.29, 0.717) is 30.4 Å². The lowest BCUT2D eigenvalue weighted by molar-refractivity contribution is 0.0681. The highest BCUT2D eigenvalue weighted by atomic mass is 32.1. The summed E-state index contributed by atoms with van der Waals surface area (Å²) in [6.45, 7) is 4.76. The van der Waals surface area contributed by atoms with Gasteiger partial charge in [-0.2, -0.15) is 0 Å². The molecule has 0 spiro atoms. The Bertz CT molecular complexity index is 1060. The smallest absolute Gasteiger partial charge is 0.261 e. The molecule has 33 heavy (non-hydrogen) atoms. The second-order valence-electron chi connectivity index (χ2n) is 8.44. The number of amides is 2. The molecule has 3 aromatic rings. The first kappa shape index (κ1) is 23.2. The quantitative estimate of drug-likeness (QED) is 0.444. The number of carbonyl (C=O) groups excluding carboxylic acids is 2. The third-order valence-corrected chi connectivity index (χ3v) is 7.27. The van der Waals surface area contributed by atoms with Gasteiger partial charge in [-0.3, -0.25) is 14.6 Å². The fourth-order valence-corrected chi connectivity index (χ4v) is 5.31. The molecule has 0 bridgehead atoms. The predicted molar refractivity (Wildman–Crippen MR) is 132 cm³/mol. The van der Waals surface area contributed by atoms with Gasteiger partial charge in [0.15, 0.2) is 0 Å². The summed E-state index contributed by atoms with van der Waals surface area (Å²) in [6, 6.07) is 11.4. The van der Waals surface area contributed by atoms with Crippen LogP contribution < -0.4 is 10.1 Å². The van der Waals surface area contributed by atoms with Gasteiger partial charge in [0, 0.05) is 32.0 Å². The molecule has 3 heterocycles. The molecule has 7 heteroatoms. The summed E-state index contributed by atoms with van der Waals surface area (Å²) >= 11 is 1.48. The molecule has 2 aromatic heterocycles. The van der Waals surface area contributed by atoms with Gasteiger partial charge in [0.25, 0.3) is 11.8 Å². The second-order valence-corrected chi connectivity index (χ2v) is 9.52. The van der Waals surface area contributed by atoms with E-state index in [2.05, 4.69) is 10.3 Å². The molecular weight excluding hydrogens is 434 g/mol.